The molecule has 0 aromatic heterocycles. The summed E-state index contributed by atoms with van der Waals surface area (Å²) in [4.78, 5) is 1.86. The van der Waals surface area contributed by atoms with Crippen LogP contribution in [0.25, 0.3) is 88.7 Å². The second-order valence-corrected chi connectivity index (χ2v) is 16.2. The van der Waals surface area contributed by atoms with Crippen LogP contribution in [-0.4, -0.2) is 0 Å². The molecule has 0 unspecified atom stereocenters. The van der Waals surface area contributed by atoms with Crippen molar-refractivity contribution in [2.24, 2.45) is 0 Å². The molecule has 0 aliphatic heterocycles. The van der Waals surface area contributed by atoms with E-state index in [1.54, 1.807) is 0 Å². The van der Waals surface area contributed by atoms with Gasteiger partial charge in [-0.3, -0.25) is 0 Å². The predicted molar refractivity (Wildman–Crippen MR) is 277 cm³/mol. The number of fused-ring (bicyclic) bond motifs is 1. The normalized spacial score (nSPS) is 11.9. The van der Waals surface area contributed by atoms with Crippen molar-refractivity contribution in [1.82, 2.24) is 0 Å². The molecule has 0 saturated heterocycles. The number of nitrogens with zero attached hydrogens (tertiary/aromatic N) is 1. The molecule has 0 radical (unpaired) electrons. The van der Waals surface area contributed by atoms with Gasteiger partial charge in [-0.2, -0.15) is 0 Å². The van der Waals surface area contributed by atoms with Crippen LogP contribution >= 0.6 is 0 Å². The Morgan fingerprint density at radius 3 is 1.14 bits per heavy atom. The molecular weight excluding hydrogens is 783 g/mol. The highest BCUT2D eigenvalue weighted by Crippen LogP contribution is 2.40. The fourth-order valence-corrected chi connectivity index (χ4v) is 8.77. The van der Waals surface area contributed by atoms with Crippen LogP contribution in [0.15, 0.2) is 273 Å². The van der Waals surface area contributed by atoms with E-state index in [0.29, 0.717) is 16.9 Å². The van der Waals surface area contributed by atoms with Crippen molar-refractivity contribution < 1.29 is 5.48 Å². The number of benzene rings is 11. The summed E-state index contributed by atoms with van der Waals surface area (Å²) < 4.78 is 38.1. The van der Waals surface area contributed by atoms with Gasteiger partial charge in [0.1, 0.15) is 0 Å². The Kier molecular flexibility index (Phi) is 9.52. The lowest BCUT2D eigenvalue weighted by Gasteiger charge is -2.26. The quantitative estimate of drug-likeness (QED) is 0.133. The third-order valence-corrected chi connectivity index (χ3v) is 12.1. The molecule has 306 valence electrons. The highest BCUT2D eigenvalue weighted by atomic mass is 15.1. The topological polar surface area (TPSA) is 3.24 Å². The Balaban J connectivity index is 1.01. The summed E-state index contributed by atoms with van der Waals surface area (Å²) in [6.45, 7) is 0. The van der Waals surface area contributed by atoms with E-state index >= 15 is 0 Å². The smallest absolute Gasteiger partial charge is 0.0645 e. The predicted octanol–water partition coefficient (Wildman–Crippen LogP) is 18.0. The van der Waals surface area contributed by atoms with E-state index in [1.165, 1.54) is 16.3 Å². The summed E-state index contributed by atoms with van der Waals surface area (Å²) in [5.41, 5.74) is 15.4. The van der Waals surface area contributed by atoms with Gasteiger partial charge in [0.2, 0.25) is 0 Å². The van der Waals surface area contributed by atoms with E-state index < -0.39 is 0 Å². The van der Waals surface area contributed by atoms with Crippen molar-refractivity contribution in [2.75, 3.05) is 4.90 Å². The van der Waals surface area contributed by atoms with E-state index in [4.69, 9.17) is 0 Å². The van der Waals surface area contributed by atoms with Crippen LogP contribution in [0.1, 0.15) is 5.48 Å². The Morgan fingerprint density at radius 1 is 0.231 bits per heavy atom. The first-order valence-electron chi connectivity index (χ1n) is 24.0. The molecule has 0 heterocycles. The summed E-state index contributed by atoms with van der Waals surface area (Å²) in [7, 11) is 0. The molecule has 0 bridgehead atoms. The van der Waals surface area contributed by atoms with Crippen molar-refractivity contribution in [3.05, 3.63) is 273 Å². The summed E-state index contributed by atoms with van der Waals surface area (Å²) in [6.07, 6.45) is 0. The molecule has 11 aromatic carbocycles. The molecule has 0 atom stereocenters. The second kappa shape index (κ2) is 17.7. The number of rotatable bonds is 10. The Labute approximate surface area is 387 Å². The van der Waals surface area contributed by atoms with E-state index in [0.717, 1.165) is 61.2 Å². The van der Waals surface area contributed by atoms with Gasteiger partial charge >= 0.3 is 0 Å². The lowest BCUT2D eigenvalue weighted by molar-refractivity contribution is 1.28. The van der Waals surface area contributed by atoms with Gasteiger partial charge in [0, 0.05) is 17.1 Å². The lowest BCUT2D eigenvalue weighted by Crippen LogP contribution is -2.09. The van der Waals surface area contributed by atoms with Crippen LogP contribution in [0, 0.1) is 0 Å². The Bertz CT molecular complexity index is 3520. The fourth-order valence-electron chi connectivity index (χ4n) is 8.77. The van der Waals surface area contributed by atoms with Gasteiger partial charge in [0.15, 0.2) is 0 Å². The van der Waals surface area contributed by atoms with Crippen LogP contribution in [0.4, 0.5) is 17.1 Å². The average molecular weight is 832 g/mol. The monoisotopic (exact) mass is 831 g/mol. The van der Waals surface area contributed by atoms with Gasteiger partial charge in [-0.25, -0.2) is 0 Å². The van der Waals surface area contributed by atoms with Crippen molar-refractivity contribution in [1.29, 1.82) is 0 Å². The molecule has 0 aliphatic carbocycles. The summed E-state index contributed by atoms with van der Waals surface area (Å²) in [6, 6.07) is 84.5. The number of hydrogen-bond acceptors (Lipinski definition) is 1. The largest absolute Gasteiger partial charge is 0.311 e. The molecule has 0 saturated carbocycles. The van der Waals surface area contributed by atoms with Gasteiger partial charge in [0.25, 0.3) is 0 Å². The van der Waals surface area contributed by atoms with Crippen LogP contribution in [0.3, 0.4) is 0 Å². The maximum atomic E-state index is 9.62. The highest BCUT2D eigenvalue weighted by molar-refractivity contribution is 5.97. The fraction of sp³-hybridized carbons (Fsp3) is 0. The molecule has 0 fully saturated rings. The summed E-state index contributed by atoms with van der Waals surface area (Å²) in [5, 5.41) is 2.39. The third-order valence-electron chi connectivity index (χ3n) is 12.1. The maximum Gasteiger partial charge on any atom is 0.0645 e. The van der Waals surface area contributed by atoms with Crippen LogP contribution < -0.4 is 4.90 Å². The highest BCUT2D eigenvalue weighted by Gasteiger charge is 2.15. The van der Waals surface area contributed by atoms with E-state index in [9.17, 15) is 5.48 Å². The molecule has 0 N–H and O–H groups in total. The maximum absolute atomic E-state index is 9.62. The number of hydrogen-bond donors (Lipinski definition) is 0. The summed E-state index contributed by atoms with van der Waals surface area (Å²) >= 11 is 0. The zero-order valence-electron chi connectivity index (χ0n) is 39.6. The minimum absolute atomic E-state index is 0.104. The Morgan fingerprint density at radius 2 is 0.585 bits per heavy atom. The second-order valence-electron chi connectivity index (χ2n) is 16.2. The molecule has 1 heteroatoms. The molecule has 0 aliphatic rings. The van der Waals surface area contributed by atoms with Gasteiger partial charge in [0.05, 0.1) is 5.48 Å². The van der Waals surface area contributed by atoms with Crippen molar-refractivity contribution >= 4 is 27.8 Å². The molecular formula is C64H45N. The van der Waals surface area contributed by atoms with Crippen LogP contribution in [0.5, 0.6) is 0 Å². The first kappa shape index (κ1) is 35.0. The molecule has 1 nitrogen and oxygen atoms in total. The first-order valence-corrected chi connectivity index (χ1v) is 22.0. The average Bonchev–Trinajstić information content (AvgIpc) is 3.42. The molecule has 11 aromatic rings. The van der Waals surface area contributed by atoms with Gasteiger partial charge in [-0.15, -0.1) is 0 Å². The zero-order valence-corrected chi connectivity index (χ0v) is 35.6. The first-order chi connectivity index (χ1) is 33.9. The van der Waals surface area contributed by atoms with E-state index in [2.05, 4.69) is 158 Å². The molecule has 0 spiro atoms. The minimum Gasteiger partial charge on any atom is -0.311 e. The number of anilines is 3. The van der Waals surface area contributed by atoms with E-state index in [1.807, 2.05) is 95.9 Å². The lowest BCUT2D eigenvalue weighted by atomic mass is 9.93. The van der Waals surface area contributed by atoms with Gasteiger partial charge in [-0.05, 0) is 149 Å². The Hall–Kier alpha value is -8.52. The van der Waals surface area contributed by atoms with Crippen LogP contribution in [0.2, 0.25) is 0 Å². The minimum atomic E-state index is -0.128. The SMILES string of the molecule is [2H]c1c([2H])c(N(c2ccc(-c3cc(-c4ccccc4)cc(-c4ccccc4)c3)cc2)c2ccc(-c3cccc(-c4cccc5ccccc45)c3)cc2)c([2H])c([2H])c1-c1ccc(-c2ccccc2)cc1. The molecule has 0 amide bonds. The third kappa shape index (κ3) is 8.27. The standard InChI is InChI=1S/C64H45N/c1-4-14-46(15-5-1)49-26-28-50(29-27-49)51-30-36-60(37-31-51)65(61-38-32-52(33-39-61)55-22-12-23-56(42-55)64-25-13-21-54-20-10-11-24-63(54)64)62-40-34-53(35-41-62)59-44-57(47-16-6-2-7-17-47)43-58(45-59)48-18-8-3-9-19-48/h1-45H/i30D,31D,36D,37D. The van der Waals surface area contributed by atoms with Crippen molar-refractivity contribution in [3.8, 4) is 77.9 Å². The molecule has 65 heavy (non-hydrogen) atoms. The summed E-state index contributed by atoms with van der Waals surface area (Å²) in [5.74, 6) is 0. The van der Waals surface area contributed by atoms with Crippen molar-refractivity contribution in [3.63, 3.8) is 0 Å². The van der Waals surface area contributed by atoms with Crippen molar-refractivity contribution in [2.45, 2.75) is 0 Å². The molecule has 11 rings (SSSR count). The van der Waals surface area contributed by atoms with Gasteiger partial charge < -0.3 is 4.90 Å². The van der Waals surface area contributed by atoms with Crippen LogP contribution in [-0.2, 0) is 0 Å². The van der Waals surface area contributed by atoms with E-state index in [-0.39, 0.29) is 35.4 Å². The zero-order chi connectivity index (χ0) is 46.8. The van der Waals surface area contributed by atoms with Gasteiger partial charge in [-0.1, -0.05) is 212 Å².